The average molecular weight is 370 g/mol. The summed E-state index contributed by atoms with van der Waals surface area (Å²) < 4.78 is 10.1. The maximum Gasteiger partial charge on any atom is 0.128 e. The van der Waals surface area contributed by atoms with E-state index >= 15 is 0 Å². The van der Waals surface area contributed by atoms with Gasteiger partial charge < -0.3 is 19.7 Å². The van der Waals surface area contributed by atoms with Gasteiger partial charge in [0, 0.05) is 48.8 Å². The van der Waals surface area contributed by atoms with E-state index in [0.717, 1.165) is 19.3 Å². The molecular formula is C21H26N2O4. The summed E-state index contributed by atoms with van der Waals surface area (Å²) in [5.41, 5.74) is 1.36. The Labute approximate surface area is 159 Å². The van der Waals surface area contributed by atoms with E-state index in [1.165, 1.54) is 0 Å². The van der Waals surface area contributed by atoms with Crippen molar-refractivity contribution in [3.63, 3.8) is 0 Å². The van der Waals surface area contributed by atoms with Gasteiger partial charge in [0.25, 0.3) is 0 Å². The molecule has 6 nitrogen and oxygen atoms in total. The smallest absolute Gasteiger partial charge is 0.128 e. The van der Waals surface area contributed by atoms with Gasteiger partial charge in [-0.05, 0) is 43.5 Å². The number of unbranched alkanes of at least 4 members (excludes halogenated alkanes) is 2. The number of rotatable bonds is 10. The van der Waals surface area contributed by atoms with Crippen LogP contribution in [0.25, 0.3) is 0 Å². The maximum absolute atomic E-state index is 9.85. The van der Waals surface area contributed by atoms with Crippen molar-refractivity contribution in [1.82, 2.24) is 0 Å². The lowest BCUT2D eigenvalue weighted by atomic mass is 10.2. The van der Waals surface area contributed by atoms with Crippen LogP contribution in [0, 0.1) is 0 Å². The second-order valence-electron chi connectivity index (χ2n) is 5.98. The molecule has 0 aromatic heterocycles. The highest BCUT2D eigenvalue weighted by atomic mass is 16.5. The average Bonchev–Trinajstić information content (AvgIpc) is 2.68. The Morgan fingerprint density at radius 1 is 0.741 bits per heavy atom. The summed E-state index contributed by atoms with van der Waals surface area (Å²) in [5.74, 6) is 1.56. The lowest BCUT2D eigenvalue weighted by Crippen LogP contribution is -1.90. The fourth-order valence-corrected chi connectivity index (χ4v) is 2.43. The van der Waals surface area contributed by atoms with Gasteiger partial charge in [-0.25, -0.2) is 0 Å². The van der Waals surface area contributed by atoms with Crippen LogP contribution in [0.3, 0.4) is 0 Å². The predicted molar refractivity (Wildman–Crippen MR) is 108 cm³/mol. The van der Waals surface area contributed by atoms with Gasteiger partial charge in [0.05, 0.1) is 14.2 Å². The fourth-order valence-electron chi connectivity index (χ4n) is 2.43. The number of ether oxygens (including phenoxy) is 2. The number of nitrogens with zero attached hydrogens (tertiary/aromatic N) is 2. The first-order chi connectivity index (χ1) is 13.1. The maximum atomic E-state index is 9.85. The highest BCUT2D eigenvalue weighted by Gasteiger charge is 2.01. The first-order valence-corrected chi connectivity index (χ1v) is 8.87. The van der Waals surface area contributed by atoms with Crippen LogP contribution in [0.15, 0.2) is 46.4 Å². The molecule has 0 heterocycles. The molecule has 0 unspecified atom stereocenters. The Bertz CT molecular complexity index is 722. The van der Waals surface area contributed by atoms with Crippen LogP contribution in [-0.4, -0.2) is 50.0 Å². The van der Waals surface area contributed by atoms with Gasteiger partial charge in [-0.15, -0.1) is 0 Å². The molecule has 6 heteroatoms. The SMILES string of the molecule is COc1ccc(C=NCCCCCN=Cc2ccc(OC)cc2O)c(O)c1. The van der Waals surface area contributed by atoms with Crippen molar-refractivity contribution in [3.05, 3.63) is 47.5 Å². The normalized spacial score (nSPS) is 11.3. The number of phenolic OH excluding ortho intramolecular Hbond substituents is 2. The largest absolute Gasteiger partial charge is 0.507 e. The van der Waals surface area contributed by atoms with E-state index in [4.69, 9.17) is 9.47 Å². The molecule has 0 aliphatic rings. The molecule has 2 rings (SSSR count). The zero-order chi connectivity index (χ0) is 19.5. The molecule has 0 bridgehead atoms. The van der Waals surface area contributed by atoms with Crippen LogP contribution in [0.2, 0.25) is 0 Å². The first kappa shape index (κ1) is 20.3. The van der Waals surface area contributed by atoms with E-state index in [9.17, 15) is 10.2 Å². The fraction of sp³-hybridized carbons (Fsp3) is 0.333. The number of methoxy groups -OCH3 is 2. The van der Waals surface area contributed by atoms with E-state index in [1.54, 1.807) is 63.0 Å². The summed E-state index contributed by atoms with van der Waals surface area (Å²) in [5, 5.41) is 19.7. The Morgan fingerprint density at radius 3 is 1.56 bits per heavy atom. The van der Waals surface area contributed by atoms with Crippen LogP contribution < -0.4 is 9.47 Å². The first-order valence-electron chi connectivity index (χ1n) is 8.87. The summed E-state index contributed by atoms with van der Waals surface area (Å²) in [7, 11) is 3.12. The molecule has 0 amide bonds. The minimum absolute atomic E-state index is 0.161. The number of aliphatic imine (C=N–C) groups is 2. The third-order valence-electron chi connectivity index (χ3n) is 4.01. The zero-order valence-corrected chi connectivity index (χ0v) is 15.8. The second kappa shape index (κ2) is 10.9. The van der Waals surface area contributed by atoms with Crippen LogP contribution >= 0.6 is 0 Å². The number of hydrogen-bond acceptors (Lipinski definition) is 6. The van der Waals surface area contributed by atoms with Crippen LogP contribution in [-0.2, 0) is 0 Å². The van der Waals surface area contributed by atoms with Crippen molar-refractivity contribution in [2.75, 3.05) is 27.3 Å². The van der Waals surface area contributed by atoms with Gasteiger partial charge in [-0.1, -0.05) is 0 Å². The zero-order valence-electron chi connectivity index (χ0n) is 15.8. The molecular weight excluding hydrogens is 344 g/mol. The van der Waals surface area contributed by atoms with Gasteiger partial charge in [-0.3, -0.25) is 9.98 Å². The van der Waals surface area contributed by atoms with E-state index in [2.05, 4.69) is 9.98 Å². The van der Waals surface area contributed by atoms with Gasteiger partial charge in [-0.2, -0.15) is 0 Å². The number of aromatic hydroxyl groups is 2. The van der Waals surface area contributed by atoms with E-state index in [1.807, 2.05) is 0 Å². The van der Waals surface area contributed by atoms with Crippen LogP contribution in [0.5, 0.6) is 23.0 Å². The minimum atomic E-state index is 0.161. The highest BCUT2D eigenvalue weighted by molar-refractivity contribution is 5.84. The predicted octanol–water partition coefficient (Wildman–Crippen LogP) is 3.82. The summed E-state index contributed by atoms with van der Waals surface area (Å²) >= 11 is 0. The molecule has 2 N–H and O–H groups in total. The van der Waals surface area contributed by atoms with Gasteiger partial charge >= 0.3 is 0 Å². The van der Waals surface area contributed by atoms with Crippen molar-refractivity contribution in [2.45, 2.75) is 19.3 Å². The molecule has 0 saturated heterocycles. The van der Waals surface area contributed by atoms with Gasteiger partial charge in [0.1, 0.15) is 23.0 Å². The molecule has 0 fully saturated rings. The molecule has 0 atom stereocenters. The number of benzene rings is 2. The Hall–Kier alpha value is -3.02. The summed E-state index contributed by atoms with van der Waals surface area (Å²) in [6, 6.07) is 10.3. The third kappa shape index (κ3) is 6.66. The van der Waals surface area contributed by atoms with Crippen molar-refractivity contribution >= 4 is 12.4 Å². The summed E-state index contributed by atoms with van der Waals surface area (Å²) in [6.07, 6.45) is 6.28. The van der Waals surface area contributed by atoms with E-state index in [-0.39, 0.29) is 11.5 Å². The lowest BCUT2D eigenvalue weighted by molar-refractivity contribution is 0.407. The molecule has 27 heavy (non-hydrogen) atoms. The van der Waals surface area contributed by atoms with E-state index in [0.29, 0.717) is 35.7 Å². The summed E-state index contributed by atoms with van der Waals surface area (Å²) in [4.78, 5) is 8.68. The quantitative estimate of drug-likeness (QED) is 0.492. The molecule has 0 radical (unpaired) electrons. The molecule has 144 valence electrons. The molecule has 2 aromatic rings. The van der Waals surface area contributed by atoms with Crippen molar-refractivity contribution < 1.29 is 19.7 Å². The van der Waals surface area contributed by atoms with Crippen molar-refractivity contribution in [1.29, 1.82) is 0 Å². The minimum Gasteiger partial charge on any atom is -0.507 e. The Morgan fingerprint density at radius 2 is 1.19 bits per heavy atom. The number of phenols is 2. The lowest BCUT2D eigenvalue weighted by Gasteiger charge is -2.03. The molecule has 0 spiro atoms. The number of hydrogen-bond donors (Lipinski definition) is 2. The standard InChI is InChI=1S/C21H26N2O4/c1-26-18-8-6-16(20(24)12-18)14-22-10-4-3-5-11-23-15-17-7-9-19(27-2)13-21(17)25/h6-9,12-15,24-25H,3-5,10-11H2,1-2H3. The van der Waals surface area contributed by atoms with Crippen LogP contribution in [0.1, 0.15) is 30.4 Å². The summed E-state index contributed by atoms with van der Waals surface area (Å²) in [6.45, 7) is 1.41. The third-order valence-corrected chi connectivity index (χ3v) is 4.01. The van der Waals surface area contributed by atoms with Crippen molar-refractivity contribution in [2.24, 2.45) is 9.98 Å². The Balaban J connectivity index is 1.65. The monoisotopic (exact) mass is 370 g/mol. The molecule has 0 saturated carbocycles. The topological polar surface area (TPSA) is 83.6 Å². The van der Waals surface area contributed by atoms with E-state index < -0.39 is 0 Å². The second-order valence-corrected chi connectivity index (χ2v) is 5.98. The van der Waals surface area contributed by atoms with Crippen molar-refractivity contribution in [3.8, 4) is 23.0 Å². The van der Waals surface area contributed by atoms with Crippen LogP contribution in [0.4, 0.5) is 0 Å². The van der Waals surface area contributed by atoms with Gasteiger partial charge in [0.2, 0.25) is 0 Å². The highest BCUT2D eigenvalue weighted by Crippen LogP contribution is 2.22. The molecule has 0 aliphatic carbocycles. The molecule has 2 aromatic carbocycles. The van der Waals surface area contributed by atoms with Gasteiger partial charge in [0.15, 0.2) is 0 Å². The molecule has 0 aliphatic heterocycles. The Kier molecular flexibility index (Phi) is 8.16.